The van der Waals surface area contributed by atoms with Crippen molar-refractivity contribution in [2.24, 2.45) is 0 Å². The number of benzene rings is 1. The molecule has 0 fully saturated rings. The van der Waals surface area contributed by atoms with Crippen LogP contribution in [0, 0.1) is 6.92 Å². The summed E-state index contributed by atoms with van der Waals surface area (Å²) in [6.07, 6.45) is 5.96. The van der Waals surface area contributed by atoms with Gasteiger partial charge in [-0.25, -0.2) is 0 Å². The van der Waals surface area contributed by atoms with Crippen LogP contribution in [0.5, 0.6) is 5.75 Å². The second kappa shape index (κ2) is 4.50. The molecule has 1 aromatic carbocycles. The Kier molecular flexibility index (Phi) is 3.07. The number of ether oxygens (including phenoxy) is 1. The maximum Gasteiger partial charge on any atom is 0.119 e. The van der Waals surface area contributed by atoms with Crippen LogP contribution >= 0.6 is 0 Å². The van der Waals surface area contributed by atoms with Gasteiger partial charge >= 0.3 is 0 Å². The minimum absolute atomic E-state index is 0.721. The summed E-state index contributed by atoms with van der Waals surface area (Å²) in [7, 11) is 0. The van der Waals surface area contributed by atoms with E-state index >= 15 is 0 Å². The molecule has 75 valence electrons. The molecular weight excluding hydrogens is 172 g/mol. The predicted octanol–water partition coefficient (Wildman–Crippen LogP) is 3.17. The van der Waals surface area contributed by atoms with Gasteiger partial charge in [-0.05, 0) is 62.3 Å². The summed E-state index contributed by atoms with van der Waals surface area (Å²) in [5.74, 6) is 1.01. The Balaban J connectivity index is 2.12. The van der Waals surface area contributed by atoms with Crippen molar-refractivity contribution in [3.63, 3.8) is 0 Å². The monoisotopic (exact) mass is 189 g/mol. The summed E-state index contributed by atoms with van der Waals surface area (Å²) in [5.41, 5.74) is 3.00. The molecule has 1 aliphatic carbocycles. The van der Waals surface area contributed by atoms with Crippen LogP contribution in [0.3, 0.4) is 0 Å². The van der Waals surface area contributed by atoms with Gasteiger partial charge in [-0.2, -0.15) is 0 Å². The highest BCUT2D eigenvalue weighted by molar-refractivity contribution is 5.37. The van der Waals surface area contributed by atoms with E-state index < -0.39 is 0 Å². The summed E-state index contributed by atoms with van der Waals surface area (Å²) in [6.45, 7) is 4.48. The Morgan fingerprint density at radius 2 is 1.93 bits per heavy atom. The van der Waals surface area contributed by atoms with E-state index in [1.54, 1.807) is 0 Å². The van der Waals surface area contributed by atoms with E-state index in [9.17, 15) is 0 Å². The maximum atomic E-state index is 5.56. The van der Waals surface area contributed by atoms with E-state index in [2.05, 4.69) is 25.1 Å². The summed E-state index contributed by atoms with van der Waals surface area (Å²) in [5, 5.41) is 0. The molecule has 0 unspecified atom stereocenters. The molecule has 0 amide bonds. The van der Waals surface area contributed by atoms with Crippen molar-refractivity contribution in [3.8, 4) is 5.75 Å². The molecule has 14 heavy (non-hydrogen) atoms. The van der Waals surface area contributed by atoms with Crippen LogP contribution in [0.4, 0.5) is 0 Å². The number of hydrogen-bond donors (Lipinski definition) is 0. The van der Waals surface area contributed by atoms with Gasteiger partial charge in [0.1, 0.15) is 5.75 Å². The van der Waals surface area contributed by atoms with Gasteiger partial charge in [0.15, 0.2) is 0 Å². The van der Waals surface area contributed by atoms with Crippen molar-refractivity contribution in [3.05, 3.63) is 36.2 Å². The van der Waals surface area contributed by atoms with Crippen LogP contribution in [-0.4, -0.2) is 6.61 Å². The zero-order valence-electron chi connectivity index (χ0n) is 8.59. The summed E-state index contributed by atoms with van der Waals surface area (Å²) < 4.78 is 5.56. The van der Waals surface area contributed by atoms with Gasteiger partial charge in [-0.3, -0.25) is 0 Å². The lowest BCUT2D eigenvalue weighted by Gasteiger charge is -2.16. The highest BCUT2D eigenvalue weighted by atomic mass is 16.5. The largest absolute Gasteiger partial charge is 0.494 e. The van der Waals surface area contributed by atoms with Crippen LogP contribution in [0.25, 0.3) is 0 Å². The molecule has 1 aromatic rings. The molecule has 0 heterocycles. The van der Waals surface area contributed by atoms with E-state index in [1.165, 1.54) is 36.8 Å². The van der Waals surface area contributed by atoms with Crippen molar-refractivity contribution >= 4 is 0 Å². The van der Waals surface area contributed by atoms with E-state index in [1.807, 2.05) is 0 Å². The molecule has 0 atom stereocenters. The molecule has 0 spiro atoms. The molecule has 0 bridgehead atoms. The molecule has 0 N–H and O–H groups in total. The number of rotatable bonds is 3. The Morgan fingerprint density at radius 1 is 1.14 bits per heavy atom. The molecule has 1 aliphatic rings. The Labute approximate surface area is 86.1 Å². The second-order valence-electron chi connectivity index (χ2n) is 3.84. The fourth-order valence-corrected chi connectivity index (χ4v) is 1.99. The molecule has 0 aromatic heterocycles. The van der Waals surface area contributed by atoms with Gasteiger partial charge < -0.3 is 4.74 Å². The van der Waals surface area contributed by atoms with Crippen LogP contribution in [0.2, 0.25) is 0 Å². The molecule has 0 aliphatic heterocycles. The van der Waals surface area contributed by atoms with Crippen LogP contribution in [0.15, 0.2) is 18.2 Å². The first kappa shape index (κ1) is 9.57. The molecule has 2 rings (SSSR count). The molecule has 1 radical (unpaired) electrons. The molecule has 0 saturated heterocycles. The van der Waals surface area contributed by atoms with Gasteiger partial charge in [0, 0.05) is 0 Å². The van der Waals surface area contributed by atoms with Crippen molar-refractivity contribution in [2.45, 2.75) is 32.1 Å². The van der Waals surface area contributed by atoms with Crippen LogP contribution in [-0.2, 0) is 12.8 Å². The van der Waals surface area contributed by atoms with Gasteiger partial charge in [-0.15, -0.1) is 0 Å². The third-order valence-corrected chi connectivity index (χ3v) is 2.73. The summed E-state index contributed by atoms with van der Waals surface area (Å²) >= 11 is 0. The number of fused-ring (bicyclic) bond motifs is 1. The van der Waals surface area contributed by atoms with Crippen LogP contribution in [0.1, 0.15) is 30.4 Å². The molecule has 1 heteroatoms. The first-order valence-corrected chi connectivity index (χ1v) is 5.44. The normalized spacial score (nSPS) is 14.9. The fourth-order valence-electron chi connectivity index (χ4n) is 1.99. The predicted molar refractivity (Wildman–Crippen MR) is 58.6 cm³/mol. The third kappa shape index (κ3) is 2.09. The summed E-state index contributed by atoms with van der Waals surface area (Å²) in [4.78, 5) is 0. The van der Waals surface area contributed by atoms with Gasteiger partial charge in [0.2, 0.25) is 0 Å². The Bertz CT molecular complexity index is 304. The highest BCUT2D eigenvalue weighted by Crippen LogP contribution is 2.25. The Hall–Kier alpha value is -0.980. The smallest absolute Gasteiger partial charge is 0.119 e. The molecular formula is C13H17O. The molecule has 1 nitrogen and oxygen atoms in total. The van der Waals surface area contributed by atoms with Gasteiger partial charge in [-0.1, -0.05) is 6.07 Å². The van der Waals surface area contributed by atoms with Crippen molar-refractivity contribution in [1.29, 1.82) is 0 Å². The standard InChI is InChI=1S/C13H17O/c1-2-9-14-13-8-7-11-5-3-4-6-12(11)10-13/h7-8,10H,1-6,9H2. The first-order valence-electron chi connectivity index (χ1n) is 5.44. The molecule has 0 saturated carbocycles. The van der Waals surface area contributed by atoms with Crippen LogP contribution < -0.4 is 4.74 Å². The number of aryl methyl sites for hydroxylation is 2. The van der Waals surface area contributed by atoms with Gasteiger partial charge in [0.25, 0.3) is 0 Å². The van der Waals surface area contributed by atoms with E-state index in [0.29, 0.717) is 0 Å². The first-order chi connectivity index (χ1) is 6.90. The minimum Gasteiger partial charge on any atom is -0.494 e. The summed E-state index contributed by atoms with van der Waals surface area (Å²) in [6, 6.07) is 6.50. The SMILES string of the molecule is [CH2]CCOc1ccc2c(c1)CCCC2. The van der Waals surface area contributed by atoms with E-state index in [-0.39, 0.29) is 0 Å². The van der Waals surface area contributed by atoms with Crippen molar-refractivity contribution in [2.75, 3.05) is 6.61 Å². The van der Waals surface area contributed by atoms with E-state index in [4.69, 9.17) is 4.74 Å². The van der Waals surface area contributed by atoms with Gasteiger partial charge in [0.05, 0.1) is 6.61 Å². The zero-order chi connectivity index (χ0) is 9.80. The minimum atomic E-state index is 0.721. The fraction of sp³-hybridized carbons (Fsp3) is 0.462. The lowest BCUT2D eigenvalue weighted by Crippen LogP contribution is -2.03. The highest BCUT2D eigenvalue weighted by Gasteiger charge is 2.09. The quantitative estimate of drug-likeness (QED) is 0.709. The average molecular weight is 189 g/mol. The average Bonchev–Trinajstić information content (AvgIpc) is 2.26. The third-order valence-electron chi connectivity index (χ3n) is 2.73. The lowest BCUT2D eigenvalue weighted by atomic mass is 9.92. The lowest BCUT2D eigenvalue weighted by molar-refractivity contribution is 0.323. The maximum absolute atomic E-state index is 5.56. The zero-order valence-corrected chi connectivity index (χ0v) is 8.59. The van der Waals surface area contributed by atoms with E-state index in [0.717, 1.165) is 18.8 Å². The number of hydrogen-bond acceptors (Lipinski definition) is 1. The van der Waals surface area contributed by atoms with Crippen molar-refractivity contribution in [1.82, 2.24) is 0 Å². The topological polar surface area (TPSA) is 9.23 Å². The second-order valence-corrected chi connectivity index (χ2v) is 3.84. The van der Waals surface area contributed by atoms with Crippen molar-refractivity contribution < 1.29 is 4.74 Å². The Morgan fingerprint density at radius 3 is 2.71 bits per heavy atom.